The lowest BCUT2D eigenvalue weighted by Gasteiger charge is -2.41. The lowest BCUT2D eigenvalue weighted by atomic mass is 9.98. The maximum Gasteiger partial charge on any atom is 0.274 e. The van der Waals surface area contributed by atoms with Gasteiger partial charge in [-0.25, -0.2) is 8.78 Å². The minimum atomic E-state index is -1.24. The van der Waals surface area contributed by atoms with Gasteiger partial charge in [-0.1, -0.05) is 41.6 Å². The molecular weight excluding hydrogens is 550 g/mol. The average molecular weight is 581 g/mol. The molecule has 0 saturated heterocycles. The van der Waals surface area contributed by atoms with E-state index in [1.54, 1.807) is 36.1 Å². The Bertz CT molecular complexity index is 1590. The van der Waals surface area contributed by atoms with E-state index in [1.165, 1.54) is 16.8 Å². The number of carbonyl (C=O) groups excluding carboxylic acids is 2. The Morgan fingerprint density at radius 1 is 1.19 bits per heavy atom. The van der Waals surface area contributed by atoms with Gasteiger partial charge in [0.1, 0.15) is 36.5 Å². The van der Waals surface area contributed by atoms with E-state index in [9.17, 15) is 28.3 Å². The largest absolute Gasteiger partial charge is 0.483 e. The number of nitrogens with zero attached hydrogens (tertiary/aromatic N) is 3. The molecule has 220 valence electrons. The summed E-state index contributed by atoms with van der Waals surface area (Å²) in [5.74, 6) is -3.33. The summed E-state index contributed by atoms with van der Waals surface area (Å²) in [5, 5.41) is 17.8. The van der Waals surface area contributed by atoms with Gasteiger partial charge < -0.3 is 29.5 Å². The molecule has 2 aliphatic rings. The predicted octanol–water partition coefficient (Wildman–Crippen LogP) is 3.18. The van der Waals surface area contributed by atoms with Crippen molar-refractivity contribution in [3.05, 3.63) is 99.0 Å². The molecule has 3 aromatic rings. The first-order valence-corrected chi connectivity index (χ1v) is 13.5. The summed E-state index contributed by atoms with van der Waals surface area (Å²) >= 11 is 0. The molecule has 0 radical (unpaired) electrons. The van der Waals surface area contributed by atoms with Crippen LogP contribution in [0.3, 0.4) is 0 Å². The van der Waals surface area contributed by atoms with Crippen molar-refractivity contribution in [3.63, 3.8) is 0 Å². The molecule has 3 heterocycles. The van der Waals surface area contributed by atoms with Gasteiger partial charge in [0.25, 0.3) is 11.8 Å². The number of aromatic nitrogens is 1. The van der Waals surface area contributed by atoms with Gasteiger partial charge in [0.05, 0.1) is 11.8 Å². The van der Waals surface area contributed by atoms with Crippen LogP contribution in [-0.4, -0.2) is 57.4 Å². The van der Waals surface area contributed by atoms with E-state index in [4.69, 9.17) is 9.57 Å². The van der Waals surface area contributed by atoms with E-state index >= 15 is 0 Å². The molecule has 2 aromatic carbocycles. The molecule has 3 atom stereocenters. The van der Waals surface area contributed by atoms with E-state index in [1.807, 2.05) is 13.0 Å². The highest BCUT2D eigenvalue weighted by Gasteiger charge is 2.41. The fourth-order valence-electron chi connectivity index (χ4n) is 5.04. The maximum atomic E-state index is 14.2. The molecule has 1 aromatic heterocycles. The molecular formula is C30H30F2N4O6. The smallest absolute Gasteiger partial charge is 0.274 e. The zero-order chi connectivity index (χ0) is 30.0. The predicted molar refractivity (Wildman–Crippen MR) is 148 cm³/mol. The molecule has 42 heavy (non-hydrogen) atoms. The molecule has 0 aliphatic carbocycles. The molecule has 2 bridgehead atoms. The fourth-order valence-corrected chi connectivity index (χ4v) is 5.04. The van der Waals surface area contributed by atoms with Crippen LogP contribution in [0.5, 0.6) is 5.75 Å². The van der Waals surface area contributed by atoms with Crippen LogP contribution in [0, 0.1) is 11.6 Å². The lowest BCUT2D eigenvalue weighted by molar-refractivity contribution is 0.0358. The van der Waals surface area contributed by atoms with E-state index in [0.717, 1.165) is 11.6 Å². The summed E-state index contributed by atoms with van der Waals surface area (Å²) in [4.78, 5) is 47.9. The third kappa shape index (κ3) is 5.75. The number of hydrogen-bond acceptors (Lipinski definition) is 7. The van der Waals surface area contributed by atoms with Crippen LogP contribution < -0.4 is 15.5 Å². The second-order valence-corrected chi connectivity index (χ2v) is 10.3. The highest BCUT2D eigenvalue weighted by atomic mass is 19.1. The van der Waals surface area contributed by atoms with Gasteiger partial charge in [0, 0.05) is 43.4 Å². The van der Waals surface area contributed by atoms with Crippen LogP contribution in [0.1, 0.15) is 58.3 Å². The molecule has 12 heteroatoms. The zero-order valence-electron chi connectivity index (χ0n) is 23.0. The molecule has 2 aliphatic heterocycles. The molecule has 10 nitrogen and oxygen atoms in total. The van der Waals surface area contributed by atoms with Crippen molar-refractivity contribution in [1.82, 2.24) is 14.8 Å². The summed E-state index contributed by atoms with van der Waals surface area (Å²) in [6, 6.07) is 10.8. The average Bonchev–Trinajstić information content (AvgIpc) is 2.97. The second kappa shape index (κ2) is 12.1. The number of hydrogen-bond donors (Lipinski definition) is 2. The number of halogens is 2. The number of pyridine rings is 1. The van der Waals surface area contributed by atoms with Gasteiger partial charge in [-0.2, -0.15) is 0 Å². The summed E-state index contributed by atoms with van der Waals surface area (Å²) in [5.41, 5.74) is -0.346. The van der Waals surface area contributed by atoms with Crippen molar-refractivity contribution >= 4 is 17.5 Å². The Hall–Kier alpha value is -4.58. The third-order valence-corrected chi connectivity index (χ3v) is 7.48. The SMILES string of the molecule is C/C1=N/OCC[C@H](C)N2CC(C1O)n1cc(C(=O)NCc3ccc(F)cc3F)c(=O)c(OCc3ccccc3)c1C2=O. The van der Waals surface area contributed by atoms with Crippen molar-refractivity contribution < 1.29 is 33.1 Å². The van der Waals surface area contributed by atoms with Crippen LogP contribution in [0.15, 0.2) is 64.7 Å². The third-order valence-electron chi connectivity index (χ3n) is 7.48. The quantitative estimate of drug-likeness (QED) is 0.462. The molecule has 0 fully saturated rings. The molecule has 5 rings (SSSR count). The summed E-state index contributed by atoms with van der Waals surface area (Å²) in [6.45, 7) is 3.31. The van der Waals surface area contributed by atoms with Crippen LogP contribution >= 0.6 is 0 Å². The highest BCUT2D eigenvalue weighted by molar-refractivity contribution is 5.99. The van der Waals surface area contributed by atoms with Crippen molar-refractivity contribution in [2.75, 3.05) is 13.2 Å². The topological polar surface area (TPSA) is 122 Å². The van der Waals surface area contributed by atoms with Crippen molar-refractivity contribution in [3.8, 4) is 5.75 Å². The molecule has 2 unspecified atom stereocenters. The Morgan fingerprint density at radius 2 is 1.95 bits per heavy atom. The van der Waals surface area contributed by atoms with Gasteiger partial charge in [0.15, 0.2) is 11.4 Å². The number of oxime groups is 1. The zero-order valence-corrected chi connectivity index (χ0v) is 23.0. The van der Waals surface area contributed by atoms with Crippen LogP contribution in [0.2, 0.25) is 0 Å². The van der Waals surface area contributed by atoms with E-state index < -0.39 is 41.0 Å². The highest BCUT2D eigenvalue weighted by Crippen LogP contribution is 2.32. The number of fused-ring (bicyclic) bond motifs is 4. The monoisotopic (exact) mass is 580 g/mol. The number of ether oxygens (including phenoxy) is 1. The van der Waals surface area contributed by atoms with Crippen LogP contribution in [-0.2, 0) is 18.0 Å². The summed E-state index contributed by atoms with van der Waals surface area (Å²) < 4.78 is 34.9. The van der Waals surface area contributed by atoms with Gasteiger partial charge in [0.2, 0.25) is 5.43 Å². The number of benzene rings is 2. The Balaban J connectivity index is 1.61. The Kier molecular flexibility index (Phi) is 8.34. The van der Waals surface area contributed by atoms with Crippen molar-refractivity contribution in [1.29, 1.82) is 0 Å². The Morgan fingerprint density at radius 3 is 2.69 bits per heavy atom. The molecule has 2 amide bonds. The van der Waals surface area contributed by atoms with Gasteiger partial charge in [-0.15, -0.1) is 0 Å². The second-order valence-electron chi connectivity index (χ2n) is 10.3. The van der Waals surface area contributed by atoms with Crippen molar-refractivity contribution in [2.45, 2.75) is 51.6 Å². The standard InChI is InChI=1S/C30H30F2N4O6/c1-17-10-11-42-34-18(2)26(37)24-15-35(17)30(40)25-28(41-16-19-6-4-3-5-7-19)27(38)22(14-36(24)25)29(39)33-13-20-8-9-21(31)12-23(20)32/h3-9,12,14,17,24,26,37H,10-11,13,15-16H2,1-2H3,(H,33,39)/b34-18-/t17-,24?,26?/m0/s1. The van der Waals surface area contributed by atoms with Crippen LogP contribution in [0.25, 0.3) is 0 Å². The molecule has 0 saturated carbocycles. The van der Waals surface area contributed by atoms with Gasteiger partial charge in [-0.05, 0) is 25.5 Å². The van der Waals surface area contributed by atoms with Crippen molar-refractivity contribution in [2.24, 2.45) is 5.16 Å². The normalized spacial score (nSPS) is 21.5. The minimum absolute atomic E-state index is 0.0118. The first-order valence-electron chi connectivity index (χ1n) is 13.5. The minimum Gasteiger partial charge on any atom is -0.483 e. The summed E-state index contributed by atoms with van der Waals surface area (Å²) in [7, 11) is 0. The Labute approximate surface area is 240 Å². The summed E-state index contributed by atoms with van der Waals surface area (Å²) in [6.07, 6.45) is 0.422. The van der Waals surface area contributed by atoms with Gasteiger partial charge >= 0.3 is 0 Å². The maximum absolute atomic E-state index is 14.2. The van der Waals surface area contributed by atoms with E-state index in [-0.39, 0.29) is 60.6 Å². The van der Waals surface area contributed by atoms with E-state index in [0.29, 0.717) is 12.5 Å². The molecule has 0 spiro atoms. The van der Waals surface area contributed by atoms with Crippen LogP contribution in [0.4, 0.5) is 8.78 Å². The first-order chi connectivity index (χ1) is 20.2. The number of aliphatic hydroxyl groups is 1. The van der Waals surface area contributed by atoms with Gasteiger partial charge in [-0.3, -0.25) is 14.4 Å². The first kappa shape index (κ1) is 28.9. The number of nitrogens with one attached hydrogen (secondary N) is 1. The number of carbonyl (C=O) groups is 2. The number of amides is 2. The lowest BCUT2D eigenvalue weighted by Crippen LogP contribution is -2.53. The molecule has 2 N–H and O–H groups in total. The number of rotatable bonds is 6. The van der Waals surface area contributed by atoms with E-state index in [2.05, 4.69) is 10.5 Å². The fraction of sp³-hybridized carbons (Fsp3) is 0.333. The number of aliphatic hydroxyl groups excluding tert-OH is 1.